The van der Waals surface area contributed by atoms with Gasteiger partial charge in [-0.3, -0.25) is 4.79 Å². The first-order chi connectivity index (χ1) is 8.36. The third-order valence-corrected chi connectivity index (χ3v) is 2.84. The Bertz CT molecular complexity index is 609. The second-order valence-electron chi connectivity index (χ2n) is 5.24. The molecule has 0 saturated heterocycles. The van der Waals surface area contributed by atoms with E-state index in [9.17, 15) is 4.79 Å². The molecule has 1 aromatic carbocycles. The third-order valence-electron chi connectivity index (χ3n) is 2.59. The van der Waals surface area contributed by atoms with E-state index >= 15 is 0 Å². The monoisotopic (exact) mass is 262 g/mol. The molecule has 18 heavy (non-hydrogen) atoms. The average Bonchev–Trinajstić information content (AvgIpc) is 2.28. The van der Waals surface area contributed by atoms with E-state index in [1.807, 2.05) is 32.9 Å². The van der Waals surface area contributed by atoms with Crippen LogP contribution in [0, 0.1) is 0 Å². The maximum Gasteiger partial charge on any atom is 0.251 e. The van der Waals surface area contributed by atoms with E-state index in [-0.39, 0.29) is 11.0 Å². The van der Waals surface area contributed by atoms with Crippen LogP contribution < -0.4 is 5.56 Å². The second-order valence-corrected chi connectivity index (χ2v) is 5.67. The first-order valence-electron chi connectivity index (χ1n) is 5.74. The van der Waals surface area contributed by atoms with Crippen LogP contribution in [0.5, 0.6) is 0 Å². The topological polar surface area (TPSA) is 45.8 Å². The van der Waals surface area contributed by atoms with Crippen LogP contribution in [0.2, 0.25) is 5.02 Å². The number of hydrogen-bond donors (Lipinski definition) is 1. The predicted molar refractivity (Wildman–Crippen MR) is 74.0 cm³/mol. The molecule has 94 valence electrons. The lowest BCUT2D eigenvalue weighted by Gasteiger charge is -2.17. The molecule has 0 atom stereocenters. The van der Waals surface area contributed by atoms with Crippen molar-refractivity contribution in [3.63, 3.8) is 0 Å². The number of aromatic nitrogens is 2. The quantitative estimate of drug-likeness (QED) is 0.856. The minimum absolute atomic E-state index is 0.139. The summed E-state index contributed by atoms with van der Waals surface area (Å²) in [6.07, 6.45) is 0. The fourth-order valence-corrected chi connectivity index (χ4v) is 1.71. The van der Waals surface area contributed by atoms with Crippen molar-refractivity contribution in [3.05, 3.63) is 51.5 Å². The summed E-state index contributed by atoms with van der Waals surface area (Å²) in [5.74, 6) is 0.681. The molecule has 0 unspecified atom stereocenters. The van der Waals surface area contributed by atoms with Crippen LogP contribution in [0.3, 0.4) is 0 Å². The van der Waals surface area contributed by atoms with Crippen LogP contribution in [0.25, 0.3) is 11.3 Å². The molecule has 0 aliphatic rings. The van der Waals surface area contributed by atoms with Crippen LogP contribution in [-0.4, -0.2) is 9.97 Å². The molecule has 1 heterocycles. The molecule has 0 aliphatic carbocycles. The summed E-state index contributed by atoms with van der Waals surface area (Å²) >= 11 is 5.85. The molecule has 0 aliphatic heterocycles. The molecule has 4 heteroatoms. The van der Waals surface area contributed by atoms with Gasteiger partial charge in [0.05, 0.1) is 5.69 Å². The van der Waals surface area contributed by atoms with Crippen LogP contribution >= 0.6 is 11.6 Å². The van der Waals surface area contributed by atoms with Gasteiger partial charge in [0.1, 0.15) is 5.82 Å². The van der Waals surface area contributed by atoms with Gasteiger partial charge in [-0.2, -0.15) is 0 Å². The number of H-pyrrole nitrogens is 1. The van der Waals surface area contributed by atoms with Crippen molar-refractivity contribution in [1.29, 1.82) is 0 Å². The number of hydrogen-bond acceptors (Lipinski definition) is 2. The fraction of sp³-hybridized carbons (Fsp3) is 0.286. The average molecular weight is 263 g/mol. The Kier molecular flexibility index (Phi) is 3.26. The van der Waals surface area contributed by atoms with Crippen molar-refractivity contribution in [2.24, 2.45) is 0 Å². The second kappa shape index (κ2) is 4.58. The minimum atomic E-state index is -0.193. The molecule has 0 fully saturated rings. The van der Waals surface area contributed by atoms with Gasteiger partial charge in [0, 0.05) is 22.1 Å². The molecule has 0 saturated carbocycles. The lowest BCUT2D eigenvalue weighted by molar-refractivity contribution is 0.543. The van der Waals surface area contributed by atoms with E-state index < -0.39 is 0 Å². The first kappa shape index (κ1) is 12.8. The van der Waals surface area contributed by atoms with E-state index in [4.69, 9.17) is 11.6 Å². The van der Waals surface area contributed by atoms with E-state index in [1.54, 1.807) is 12.1 Å². The zero-order valence-corrected chi connectivity index (χ0v) is 11.4. The standard InChI is InChI=1S/C14H15ClN2O/c1-14(2,3)13-16-11(8-12(18)17-13)9-4-6-10(15)7-5-9/h4-8H,1-3H3,(H,16,17,18). The van der Waals surface area contributed by atoms with Gasteiger partial charge in [0.2, 0.25) is 0 Å². The summed E-state index contributed by atoms with van der Waals surface area (Å²) in [6.45, 7) is 6.03. The summed E-state index contributed by atoms with van der Waals surface area (Å²) in [7, 11) is 0. The van der Waals surface area contributed by atoms with Gasteiger partial charge in [-0.25, -0.2) is 4.98 Å². The Balaban J connectivity index is 2.55. The predicted octanol–water partition coefficient (Wildman–Crippen LogP) is 3.39. The van der Waals surface area contributed by atoms with Gasteiger partial charge in [-0.1, -0.05) is 44.5 Å². The molecule has 1 aromatic heterocycles. The first-order valence-corrected chi connectivity index (χ1v) is 6.12. The Labute approximate surface area is 111 Å². The summed E-state index contributed by atoms with van der Waals surface area (Å²) < 4.78 is 0. The summed E-state index contributed by atoms with van der Waals surface area (Å²) in [5, 5.41) is 0.666. The molecular formula is C14H15ClN2O. The van der Waals surface area contributed by atoms with Crippen LogP contribution in [-0.2, 0) is 5.41 Å². The van der Waals surface area contributed by atoms with Gasteiger partial charge in [0.15, 0.2) is 0 Å². The van der Waals surface area contributed by atoms with Crippen molar-refractivity contribution >= 4 is 11.6 Å². The Morgan fingerprint density at radius 1 is 1.17 bits per heavy atom. The zero-order chi connectivity index (χ0) is 13.3. The van der Waals surface area contributed by atoms with E-state index in [0.29, 0.717) is 16.5 Å². The van der Waals surface area contributed by atoms with Crippen LogP contribution in [0.4, 0.5) is 0 Å². The number of aromatic amines is 1. The molecule has 2 rings (SSSR count). The van der Waals surface area contributed by atoms with Gasteiger partial charge >= 0.3 is 0 Å². The van der Waals surface area contributed by atoms with Crippen molar-refractivity contribution in [1.82, 2.24) is 9.97 Å². The Morgan fingerprint density at radius 3 is 2.33 bits per heavy atom. The van der Waals surface area contributed by atoms with E-state index in [2.05, 4.69) is 9.97 Å². The van der Waals surface area contributed by atoms with E-state index in [1.165, 1.54) is 6.07 Å². The summed E-state index contributed by atoms with van der Waals surface area (Å²) in [6, 6.07) is 8.79. The van der Waals surface area contributed by atoms with Crippen LogP contribution in [0.15, 0.2) is 35.1 Å². The molecule has 0 bridgehead atoms. The highest BCUT2D eigenvalue weighted by Gasteiger charge is 2.17. The maximum absolute atomic E-state index is 11.7. The lowest BCUT2D eigenvalue weighted by atomic mass is 9.95. The van der Waals surface area contributed by atoms with Gasteiger partial charge < -0.3 is 4.98 Å². The number of nitrogens with zero attached hydrogens (tertiary/aromatic N) is 1. The molecule has 3 nitrogen and oxygen atoms in total. The zero-order valence-electron chi connectivity index (χ0n) is 10.6. The van der Waals surface area contributed by atoms with Gasteiger partial charge in [0.25, 0.3) is 5.56 Å². The smallest absolute Gasteiger partial charge is 0.251 e. The summed E-state index contributed by atoms with van der Waals surface area (Å²) in [5.41, 5.74) is 1.22. The lowest BCUT2D eigenvalue weighted by Crippen LogP contribution is -2.21. The number of nitrogens with one attached hydrogen (secondary N) is 1. The molecule has 2 aromatic rings. The summed E-state index contributed by atoms with van der Waals surface area (Å²) in [4.78, 5) is 19.0. The Hall–Kier alpha value is -1.61. The van der Waals surface area contributed by atoms with Crippen molar-refractivity contribution in [2.45, 2.75) is 26.2 Å². The highest BCUT2D eigenvalue weighted by molar-refractivity contribution is 6.30. The minimum Gasteiger partial charge on any atom is -0.310 e. The number of halogens is 1. The Morgan fingerprint density at radius 2 is 1.78 bits per heavy atom. The molecule has 0 spiro atoms. The van der Waals surface area contributed by atoms with E-state index in [0.717, 1.165) is 5.56 Å². The maximum atomic E-state index is 11.7. The number of rotatable bonds is 1. The van der Waals surface area contributed by atoms with Crippen molar-refractivity contribution in [3.8, 4) is 11.3 Å². The molecule has 1 N–H and O–H groups in total. The van der Waals surface area contributed by atoms with Crippen molar-refractivity contribution < 1.29 is 0 Å². The van der Waals surface area contributed by atoms with Crippen LogP contribution in [0.1, 0.15) is 26.6 Å². The van der Waals surface area contributed by atoms with Crippen molar-refractivity contribution in [2.75, 3.05) is 0 Å². The molecular weight excluding hydrogens is 248 g/mol. The van der Waals surface area contributed by atoms with Gasteiger partial charge in [-0.05, 0) is 12.1 Å². The fourth-order valence-electron chi connectivity index (χ4n) is 1.58. The SMILES string of the molecule is CC(C)(C)c1nc(-c2ccc(Cl)cc2)cc(=O)[nH]1. The normalized spacial score (nSPS) is 11.6. The molecule has 0 radical (unpaired) electrons. The van der Waals surface area contributed by atoms with Gasteiger partial charge in [-0.15, -0.1) is 0 Å². The highest BCUT2D eigenvalue weighted by atomic mass is 35.5. The third kappa shape index (κ3) is 2.79. The molecule has 0 amide bonds. The largest absolute Gasteiger partial charge is 0.310 e. The number of benzene rings is 1. The highest BCUT2D eigenvalue weighted by Crippen LogP contribution is 2.22.